The quantitative estimate of drug-likeness (QED) is 0.733. The molecule has 0 bridgehead atoms. The van der Waals surface area contributed by atoms with Gasteiger partial charge in [0.25, 0.3) is 11.5 Å². The van der Waals surface area contributed by atoms with E-state index >= 15 is 0 Å². The van der Waals surface area contributed by atoms with Crippen molar-refractivity contribution in [1.29, 1.82) is 0 Å². The fourth-order valence-corrected chi connectivity index (χ4v) is 2.44. The lowest BCUT2D eigenvalue weighted by molar-refractivity contribution is 0.0951. The highest BCUT2D eigenvalue weighted by Gasteiger charge is 2.06. The molecule has 25 heavy (non-hydrogen) atoms. The Labute approximate surface area is 144 Å². The van der Waals surface area contributed by atoms with Crippen LogP contribution in [0.15, 0.2) is 59.9 Å². The summed E-state index contributed by atoms with van der Waals surface area (Å²) in [5, 5.41) is 6.94. The van der Waals surface area contributed by atoms with Gasteiger partial charge in [-0.05, 0) is 30.7 Å². The van der Waals surface area contributed by atoms with Crippen molar-refractivity contribution in [2.24, 2.45) is 0 Å². The van der Waals surface area contributed by atoms with E-state index in [1.807, 2.05) is 29.8 Å². The maximum Gasteiger partial charge on any atom is 0.266 e. The minimum Gasteiger partial charge on any atom is -0.350 e. The maximum atomic E-state index is 12.2. The summed E-state index contributed by atoms with van der Waals surface area (Å²) in [6.45, 7) is 3.21. The lowest BCUT2D eigenvalue weighted by Crippen LogP contribution is -2.32. The molecular weight excluding hydrogens is 318 g/mol. The van der Waals surface area contributed by atoms with Gasteiger partial charge in [-0.2, -0.15) is 5.10 Å². The molecule has 0 atom stereocenters. The standard InChI is InChI=1S/C18H19N5O2/c1-14-2-7-17(24)23(21-14)11-9-20-18(25)16-5-3-15(4-6-16)12-22-10-8-19-13-22/h2-8,10,13H,9,11-12H2,1H3,(H,20,25). The van der Waals surface area contributed by atoms with Gasteiger partial charge in [0, 0.05) is 37.1 Å². The number of imidazole rings is 1. The van der Waals surface area contributed by atoms with Gasteiger partial charge in [-0.1, -0.05) is 12.1 Å². The molecule has 1 amide bonds. The third-order valence-electron chi connectivity index (χ3n) is 3.75. The van der Waals surface area contributed by atoms with Crippen molar-refractivity contribution in [2.45, 2.75) is 20.0 Å². The van der Waals surface area contributed by atoms with E-state index in [0.29, 0.717) is 25.2 Å². The summed E-state index contributed by atoms with van der Waals surface area (Å²) >= 11 is 0. The zero-order valence-corrected chi connectivity index (χ0v) is 13.9. The van der Waals surface area contributed by atoms with E-state index in [1.54, 1.807) is 30.7 Å². The number of amides is 1. The molecule has 7 nitrogen and oxygen atoms in total. The Morgan fingerprint density at radius 1 is 1.16 bits per heavy atom. The molecule has 0 aliphatic carbocycles. The van der Waals surface area contributed by atoms with E-state index in [9.17, 15) is 9.59 Å². The van der Waals surface area contributed by atoms with E-state index < -0.39 is 0 Å². The number of nitrogens with zero attached hydrogens (tertiary/aromatic N) is 4. The van der Waals surface area contributed by atoms with Gasteiger partial charge in [-0.15, -0.1) is 0 Å². The molecule has 2 aromatic heterocycles. The second-order valence-electron chi connectivity index (χ2n) is 5.72. The van der Waals surface area contributed by atoms with Gasteiger partial charge >= 0.3 is 0 Å². The molecule has 0 aliphatic rings. The van der Waals surface area contributed by atoms with Crippen LogP contribution in [0.4, 0.5) is 0 Å². The molecule has 7 heteroatoms. The van der Waals surface area contributed by atoms with Gasteiger partial charge in [0.05, 0.1) is 18.6 Å². The number of carbonyl (C=O) groups is 1. The SMILES string of the molecule is Cc1ccc(=O)n(CCNC(=O)c2ccc(Cn3ccnc3)cc2)n1. The number of carbonyl (C=O) groups excluding carboxylic acids is 1. The third kappa shape index (κ3) is 4.41. The largest absolute Gasteiger partial charge is 0.350 e. The van der Waals surface area contributed by atoms with Gasteiger partial charge < -0.3 is 9.88 Å². The molecule has 2 heterocycles. The molecule has 0 saturated heterocycles. The van der Waals surface area contributed by atoms with Crippen LogP contribution < -0.4 is 10.9 Å². The van der Waals surface area contributed by atoms with Crippen LogP contribution >= 0.6 is 0 Å². The highest BCUT2D eigenvalue weighted by atomic mass is 16.1. The number of nitrogens with one attached hydrogen (secondary N) is 1. The van der Waals surface area contributed by atoms with E-state index in [0.717, 1.165) is 11.3 Å². The summed E-state index contributed by atoms with van der Waals surface area (Å²) in [6.07, 6.45) is 5.38. The number of aromatic nitrogens is 4. The van der Waals surface area contributed by atoms with Crippen molar-refractivity contribution in [2.75, 3.05) is 6.54 Å². The Balaban J connectivity index is 1.54. The first-order chi connectivity index (χ1) is 12.1. The zero-order valence-electron chi connectivity index (χ0n) is 13.9. The summed E-state index contributed by atoms with van der Waals surface area (Å²) in [5.74, 6) is -0.171. The monoisotopic (exact) mass is 337 g/mol. The summed E-state index contributed by atoms with van der Waals surface area (Å²) in [5.41, 5.74) is 2.26. The first-order valence-electron chi connectivity index (χ1n) is 7.99. The molecule has 0 radical (unpaired) electrons. The molecule has 1 aromatic carbocycles. The second-order valence-corrected chi connectivity index (χ2v) is 5.72. The Bertz CT molecular complexity index is 898. The summed E-state index contributed by atoms with van der Waals surface area (Å²) in [6, 6.07) is 10.6. The van der Waals surface area contributed by atoms with Gasteiger partial charge in [0.1, 0.15) is 0 Å². The Hall–Kier alpha value is -3.22. The predicted octanol–water partition coefficient (Wildman–Crippen LogP) is 1.23. The lowest BCUT2D eigenvalue weighted by atomic mass is 10.1. The number of rotatable bonds is 6. The van der Waals surface area contributed by atoms with Crippen molar-refractivity contribution >= 4 is 5.91 Å². The molecule has 0 saturated carbocycles. The first-order valence-corrected chi connectivity index (χ1v) is 7.99. The van der Waals surface area contributed by atoms with Gasteiger partial charge in [0.2, 0.25) is 0 Å². The molecule has 3 rings (SSSR count). The van der Waals surface area contributed by atoms with Crippen molar-refractivity contribution in [3.05, 3.63) is 82.3 Å². The predicted molar refractivity (Wildman–Crippen MR) is 93.3 cm³/mol. The number of hydrogen-bond donors (Lipinski definition) is 1. The maximum absolute atomic E-state index is 12.2. The van der Waals surface area contributed by atoms with Crippen molar-refractivity contribution in [3.63, 3.8) is 0 Å². The average Bonchev–Trinajstić information content (AvgIpc) is 3.11. The lowest BCUT2D eigenvalue weighted by Gasteiger charge is -2.08. The van der Waals surface area contributed by atoms with Crippen LogP contribution in [-0.2, 0) is 13.1 Å². The normalized spacial score (nSPS) is 10.6. The van der Waals surface area contributed by atoms with E-state index in [-0.39, 0.29) is 11.5 Å². The molecule has 128 valence electrons. The molecule has 0 spiro atoms. The fourth-order valence-electron chi connectivity index (χ4n) is 2.44. The Morgan fingerprint density at radius 3 is 2.68 bits per heavy atom. The van der Waals surface area contributed by atoms with Crippen LogP contribution in [0.3, 0.4) is 0 Å². The molecule has 0 unspecified atom stereocenters. The topological polar surface area (TPSA) is 81.8 Å². The van der Waals surface area contributed by atoms with E-state index in [2.05, 4.69) is 15.4 Å². The Kier molecular flexibility index (Phi) is 5.03. The van der Waals surface area contributed by atoms with E-state index in [4.69, 9.17) is 0 Å². The van der Waals surface area contributed by atoms with E-state index in [1.165, 1.54) is 10.7 Å². The molecule has 0 aliphatic heterocycles. The van der Waals surface area contributed by atoms with Crippen LogP contribution in [-0.4, -0.2) is 31.8 Å². The second kappa shape index (κ2) is 7.57. The molecule has 3 aromatic rings. The minimum atomic E-state index is -0.177. The zero-order chi connectivity index (χ0) is 17.6. The van der Waals surface area contributed by atoms with Crippen molar-refractivity contribution < 1.29 is 4.79 Å². The smallest absolute Gasteiger partial charge is 0.266 e. The molecule has 1 N–H and O–H groups in total. The highest BCUT2D eigenvalue weighted by molar-refractivity contribution is 5.94. The molecule has 0 fully saturated rings. The van der Waals surface area contributed by atoms with Crippen LogP contribution in [0, 0.1) is 6.92 Å². The van der Waals surface area contributed by atoms with Crippen LogP contribution in [0.2, 0.25) is 0 Å². The minimum absolute atomic E-state index is 0.171. The Morgan fingerprint density at radius 2 is 1.96 bits per heavy atom. The summed E-state index contributed by atoms with van der Waals surface area (Å²) < 4.78 is 3.31. The average molecular weight is 337 g/mol. The van der Waals surface area contributed by atoms with Gasteiger partial charge in [-0.3, -0.25) is 9.59 Å². The fraction of sp³-hybridized carbons (Fsp3) is 0.222. The third-order valence-corrected chi connectivity index (χ3v) is 3.75. The summed E-state index contributed by atoms with van der Waals surface area (Å²) in [7, 11) is 0. The van der Waals surface area contributed by atoms with Crippen LogP contribution in [0.5, 0.6) is 0 Å². The molecular formula is C18H19N5O2. The number of hydrogen-bond acceptors (Lipinski definition) is 4. The van der Waals surface area contributed by atoms with Crippen molar-refractivity contribution in [1.82, 2.24) is 24.6 Å². The van der Waals surface area contributed by atoms with Gasteiger partial charge in [-0.25, -0.2) is 9.67 Å². The number of aryl methyl sites for hydroxylation is 1. The highest BCUT2D eigenvalue weighted by Crippen LogP contribution is 2.06. The van der Waals surface area contributed by atoms with Crippen LogP contribution in [0.25, 0.3) is 0 Å². The first kappa shape index (κ1) is 16.6. The van der Waals surface area contributed by atoms with Gasteiger partial charge in [0.15, 0.2) is 0 Å². The van der Waals surface area contributed by atoms with Crippen molar-refractivity contribution in [3.8, 4) is 0 Å². The number of benzene rings is 1. The van der Waals surface area contributed by atoms with Crippen LogP contribution in [0.1, 0.15) is 21.6 Å². The summed E-state index contributed by atoms with van der Waals surface area (Å²) in [4.78, 5) is 27.9.